The van der Waals surface area contributed by atoms with E-state index in [0.29, 0.717) is 25.4 Å². The number of pyridine rings is 1. The number of aliphatic hydroxyl groups excluding tert-OH is 1. The summed E-state index contributed by atoms with van der Waals surface area (Å²) < 4.78 is 11.1. The molecule has 1 heterocycles. The van der Waals surface area contributed by atoms with E-state index in [9.17, 15) is 9.90 Å². The molecule has 28 heavy (non-hydrogen) atoms. The van der Waals surface area contributed by atoms with E-state index >= 15 is 0 Å². The molecule has 1 unspecified atom stereocenters. The van der Waals surface area contributed by atoms with Crippen LogP contribution in [0.1, 0.15) is 12.5 Å². The molecule has 0 fully saturated rings. The van der Waals surface area contributed by atoms with E-state index in [1.165, 1.54) is 6.07 Å². The molecule has 1 aromatic heterocycles. The van der Waals surface area contributed by atoms with Crippen molar-refractivity contribution in [2.75, 3.05) is 19.8 Å². The van der Waals surface area contributed by atoms with Gasteiger partial charge in [-0.15, -0.1) is 12.4 Å². The largest absolute Gasteiger partial charge is 0.494 e. The normalized spacial score (nSPS) is 11.6. The predicted molar refractivity (Wildman–Crippen MR) is 113 cm³/mol. The van der Waals surface area contributed by atoms with Crippen LogP contribution in [0.5, 0.6) is 11.5 Å². The highest BCUT2D eigenvalue weighted by molar-refractivity contribution is 5.85. The van der Waals surface area contributed by atoms with Crippen LogP contribution in [0.4, 0.5) is 0 Å². The van der Waals surface area contributed by atoms with Gasteiger partial charge in [-0.1, -0.05) is 12.1 Å². The summed E-state index contributed by atoms with van der Waals surface area (Å²) in [4.78, 5) is 14.1. The summed E-state index contributed by atoms with van der Waals surface area (Å²) in [6.45, 7) is 3.88. The molecule has 1 atom stereocenters. The Hall–Kier alpha value is -2.54. The van der Waals surface area contributed by atoms with E-state index in [2.05, 4.69) is 10.3 Å². The lowest BCUT2D eigenvalue weighted by Gasteiger charge is -2.14. The van der Waals surface area contributed by atoms with Gasteiger partial charge in [0.25, 0.3) is 0 Å². The second-order valence-corrected chi connectivity index (χ2v) is 6.24. The van der Waals surface area contributed by atoms with Crippen molar-refractivity contribution in [2.45, 2.75) is 19.6 Å². The lowest BCUT2D eigenvalue weighted by molar-refractivity contribution is 0.106. The maximum atomic E-state index is 11.3. The zero-order valence-electron chi connectivity index (χ0n) is 15.7. The molecule has 0 amide bonds. The number of rotatable bonds is 9. The Morgan fingerprint density at radius 1 is 1.04 bits per heavy atom. The Labute approximate surface area is 169 Å². The van der Waals surface area contributed by atoms with Crippen LogP contribution in [0.25, 0.3) is 10.9 Å². The summed E-state index contributed by atoms with van der Waals surface area (Å²) in [7, 11) is 0. The number of H-pyrrole nitrogens is 1. The van der Waals surface area contributed by atoms with E-state index in [1.54, 1.807) is 18.2 Å². The molecule has 7 heteroatoms. The van der Waals surface area contributed by atoms with Gasteiger partial charge in [0.2, 0.25) is 5.56 Å². The maximum absolute atomic E-state index is 11.3. The van der Waals surface area contributed by atoms with Gasteiger partial charge in [0.1, 0.15) is 24.2 Å². The van der Waals surface area contributed by atoms with Crippen molar-refractivity contribution in [2.24, 2.45) is 0 Å². The fraction of sp³-hybridized carbons (Fsp3) is 0.286. The zero-order chi connectivity index (χ0) is 19.1. The fourth-order valence-corrected chi connectivity index (χ4v) is 2.73. The number of ether oxygens (including phenoxy) is 2. The van der Waals surface area contributed by atoms with Gasteiger partial charge in [0, 0.05) is 30.1 Å². The Bertz CT molecular complexity index is 928. The third kappa shape index (κ3) is 6.27. The summed E-state index contributed by atoms with van der Waals surface area (Å²) in [5, 5.41) is 14.2. The fourth-order valence-electron chi connectivity index (χ4n) is 2.73. The molecule has 6 nitrogen and oxygen atoms in total. The van der Waals surface area contributed by atoms with Crippen molar-refractivity contribution in [1.29, 1.82) is 0 Å². The van der Waals surface area contributed by atoms with Crippen molar-refractivity contribution in [1.82, 2.24) is 10.3 Å². The number of nitrogens with one attached hydrogen (secondary N) is 2. The number of aromatic amines is 1. The van der Waals surface area contributed by atoms with Crippen LogP contribution >= 0.6 is 12.4 Å². The monoisotopic (exact) mass is 404 g/mol. The van der Waals surface area contributed by atoms with Crippen LogP contribution in [-0.2, 0) is 6.54 Å². The second kappa shape index (κ2) is 10.7. The first-order valence-corrected chi connectivity index (χ1v) is 9.00. The van der Waals surface area contributed by atoms with Gasteiger partial charge in [0.15, 0.2) is 0 Å². The highest BCUT2D eigenvalue weighted by Gasteiger charge is 2.06. The molecule has 0 spiro atoms. The first-order valence-electron chi connectivity index (χ1n) is 9.00. The van der Waals surface area contributed by atoms with Gasteiger partial charge < -0.3 is 24.9 Å². The second-order valence-electron chi connectivity index (χ2n) is 6.24. The number of hydrogen-bond acceptors (Lipinski definition) is 5. The zero-order valence-corrected chi connectivity index (χ0v) is 16.5. The number of halogens is 1. The molecule has 3 rings (SSSR count). The third-order valence-electron chi connectivity index (χ3n) is 4.08. The lowest BCUT2D eigenvalue weighted by Crippen LogP contribution is -2.31. The number of benzene rings is 2. The molecule has 2 aromatic carbocycles. The molecule has 150 valence electrons. The number of fused-ring (bicyclic) bond motifs is 1. The quantitative estimate of drug-likeness (QED) is 0.510. The summed E-state index contributed by atoms with van der Waals surface area (Å²) in [6, 6.07) is 16.5. The average molecular weight is 405 g/mol. The minimum absolute atomic E-state index is 0. The summed E-state index contributed by atoms with van der Waals surface area (Å²) in [5.74, 6) is 1.51. The molecule has 0 bridgehead atoms. The van der Waals surface area contributed by atoms with E-state index < -0.39 is 6.10 Å². The van der Waals surface area contributed by atoms with E-state index in [-0.39, 0.29) is 24.6 Å². The standard InChI is InChI=1S/C21H24N2O4.ClH/c1-2-26-18-6-3-15(4-7-18)12-22-13-17(24)14-27-19-8-9-20-16(11-19)5-10-21(25)23-20;/h3-11,17,22,24H,2,12-14H2,1H3,(H,23,25);1H. The Morgan fingerprint density at radius 2 is 1.79 bits per heavy atom. The molecule has 0 aliphatic rings. The van der Waals surface area contributed by atoms with Crippen molar-refractivity contribution >= 4 is 23.3 Å². The third-order valence-corrected chi connectivity index (χ3v) is 4.08. The number of aromatic nitrogens is 1. The van der Waals surface area contributed by atoms with Gasteiger partial charge in [-0.25, -0.2) is 0 Å². The van der Waals surface area contributed by atoms with Crippen molar-refractivity contribution < 1.29 is 14.6 Å². The molecule has 3 N–H and O–H groups in total. The smallest absolute Gasteiger partial charge is 0.248 e. The molecule has 0 saturated heterocycles. The molecular formula is C21H25ClN2O4. The Balaban J connectivity index is 0.00000280. The number of hydrogen-bond donors (Lipinski definition) is 3. The molecular weight excluding hydrogens is 380 g/mol. The van der Waals surface area contributed by atoms with Crippen molar-refractivity contribution in [3.8, 4) is 11.5 Å². The summed E-state index contributed by atoms with van der Waals surface area (Å²) in [6.07, 6.45) is -0.626. The van der Waals surface area contributed by atoms with Crippen LogP contribution in [0.2, 0.25) is 0 Å². The molecule has 3 aromatic rings. The topological polar surface area (TPSA) is 83.6 Å². The molecule has 0 aliphatic heterocycles. The van der Waals surface area contributed by atoms with Gasteiger partial charge in [-0.05, 0) is 48.9 Å². The molecule has 0 saturated carbocycles. The van der Waals surface area contributed by atoms with Gasteiger partial charge in [0.05, 0.1) is 6.61 Å². The van der Waals surface area contributed by atoms with E-state index in [0.717, 1.165) is 22.2 Å². The summed E-state index contributed by atoms with van der Waals surface area (Å²) in [5.41, 5.74) is 1.74. The van der Waals surface area contributed by atoms with E-state index in [4.69, 9.17) is 9.47 Å². The van der Waals surface area contributed by atoms with Crippen LogP contribution < -0.4 is 20.3 Å². The van der Waals surface area contributed by atoms with Crippen LogP contribution in [0, 0.1) is 0 Å². The minimum Gasteiger partial charge on any atom is -0.494 e. The lowest BCUT2D eigenvalue weighted by atomic mass is 10.2. The SMILES string of the molecule is CCOc1ccc(CNCC(O)COc2ccc3[nH]c(=O)ccc3c2)cc1.Cl. The van der Waals surface area contributed by atoms with Crippen molar-refractivity contribution in [3.63, 3.8) is 0 Å². The highest BCUT2D eigenvalue weighted by atomic mass is 35.5. The van der Waals surface area contributed by atoms with Crippen LogP contribution in [0.15, 0.2) is 59.4 Å². The first kappa shape index (κ1) is 21.8. The van der Waals surface area contributed by atoms with Crippen molar-refractivity contribution in [3.05, 3.63) is 70.5 Å². The first-order chi connectivity index (χ1) is 13.1. The Morgan fingerprint density at radius 3 is 2.54 bits per heavy atom. The van der Waals surface area contributed by atoms with Gasteiger partial charge in [-0.2, -0.15) is 0 Å². The van der Waals surface area contributed by atoms with Gasteiger partial charge in [-0.3, -0.25) is 4.79 Å². The predicted octanol–water partition coefficient (Wildman–Crippen LogP) is 2.88. The van der Waals surface area contributed by atoms with Gasteiger partial charge >= 0.3 is 0 Å². The number of aliphatic hydroxyl groups is 1. The molecule has 0 aliphatic carbocycles. The van der Waals surface area contributed by atoms with Crippen LogP contribution in [-0.4, -0.2) is 36.0 Å². The Kier molecular flexibility index (Phi) is 8.32. The minimum atomic E-state index is -0.626. The highest BCUT2D eigenvalue weighted by Crippen LogP contribution is 2.18. The summed E-state index contributed by atoms with van der Waals surface area (Å²) >= 11 is 0. The molecule has 0 radical (unpaired) electrons. The van der Waals surface area contributed by atoms with Crippen LogP contribution in [0.3, 0.4) is 0 Å². The average Bonchev–Trinajstić information content (AvgIpc) is 2.68. The maximum Gasteiger partial charge on any atom is 0.248 e. The van der Waals surface area contributed by atoms with E-state index in [1.807, 2.05) is 37.3 Å².